The number of hydrogen-bond acceptors (Lipinski definition) is 10. The first-order valence-corrected chi connectivity index (χ1v) is 15.2. The number of carbonyl (C=O) groups excluding carboxylic acids is 4. The first-order chi connectivity index (χ1) is 20.2. The molecule has 2 aromatic carbocycles. The normalized spacial score (nSPS) is 18.0. The summed E-state index contributed by atoms with van der Waals surface area (Å²) in [6, 6.07) is 8.78. The molecule has 2 amide bonds. The molecule has 12 nitrogen and oxygen atoms in total. The van der Waals surface area contributed by atoms with Crippen molar-refractivity contribution in [3.63, 3.8) is 0 Å². The number of hydrogen-bond donors (Lipinski definition) is 2. The predicted molar refractivity (Wildman–Crippen MR) is 148 cm³/mol. The third-order valence-electron chi connectivity index (χ3n) is 7.87. The molecule has 0 aromatic heterocycles. The number of nitrogens with zero attached hydrogens (tertiary/aromatic N) is 1. The van der Waals surface area contributed by atoms with E-state index in [1.807, 2.05) is 6.92 Å². The molecule has 2 aliphatic rings. The fourth-order valence-corrected chi connectivity index (χ4v) is 7.30. The van der Waals surface area contributed by atoms with E-state index in [0.717, 1.165) is 11.1 Å². The molecular weight excluding hydrogens is 568 g/mol. The van der Waals surface area contributed by atoms with E-state index < -0.39 is 26.6 Å². The van der Waals surface area contributed by atoms with Gasteiger partial charge < -0.3 is 19.1 Å². The van der Waals surface area contributed by atoms with Gasteiger partial charge in [-0.05, 0) is 86.6 Å². The predicted octanol–water partition coefficient (Wildman–Crippen LogP) is 3.05. The monoisotopic (exact) mass is 602 g/mol. The summed E-state index contributed by atoms with van der Waals surface area (Å²) < 4.78 is 41.2. The Morgan fingerprint density at radius 3 is 2.36 bits per heavy atom. The summed E-state index contributed by atoms with van der Waals surface area (Å²) in [5.74, 6) is -0.543. The SMILES string of the molecule is CC1c2cc(C=O)c(C=O)cc2CCN1C(=O)OCCCCOc1ccc(S(=O)(=O)C2(C(=O)NO)CCOCC2)cc1. The Morgan fingerprint density at radius 2 is 1.71 bits per heavy atom. The third-order valence-corrected chi connectivity index (χ3v) is 10.4. The molecule has 2 aromatic rings. The van der Waals surface area contributed by atoms with E-state index in [1.54, 1.807) is 17.0 Å². The molecule has 0 radical (unpaired) electrons. The molecular formula is C29H34N2O10S. The summed E-state index contributed by atoms with van der Waals surface area (Å²) in [5, 5.41) is 9.17. The lowest BCUT2D eigenvalue weighted by atomic mass is 9.90. The molecule has 1 fully saturated rings. The summed E-state index contributed by atoms with van der Waals surface area (Å²) in [6.07, 6.45) is 2.34. The smallest absolute Gasteiger partial charge is 0.410 e. The van der Waals surface area contributed by atoms with Crippen LogP contribution >= 0.6 is 0 Å². The number of carbonyl (C=O) groups is 4. The number of unbranched alkanes of at least 4 members (excludes halogenated alkanes) is 1. The molecule has 1 atom stereocenters. The van der Waals surface area contributed by atoms with Gasteiger partial charge in [-0.15, -0.1) is 0 Å². The van der Waals surface area contributed by atoms with Crippen LogP contribution in [0.1, 0.15) is 70.5 Å². The van der Waals surface area contributed by atoms with Gasteiger partial charge in [-0.3, -0.25) is 19.6 Å². The number of benzene rings is 2. The largest absolute Gasteiger partial charge is 0.494 e. The molecule has 13 heteroatoms. The van der Waals surface area contributed by atoms with Gasteiger partial charge in [0.15, 0.2) is 27.2 Å². The summed E-state index contributed by atoms with van der Waals surface area (Å²) >= 11 is 0. The Kier molecular flexibility index (Phi) is 9.97. The number of amides is 2. The number of rotatable bonds is 11. The molecule has 0 saturated carbocycles. The van der Waals surface area contributed by atoms with Gasteiger partial charge in [0.25, 0.3) is 5.91 Å². The number of hydroxylamine groups is 1. The highest BCUT2D eigenvalue weighted by Gasteiger charge is 2.52. The lowest BCUT2D eigenvalue weighted by Crippen LogP contribution is -2.54. The van der Waals surface area contributed by atoms with Crippen LogP contribution < -0.4 is 10.2 Å². The summed E-state index contributed by atoms with van der Waals surface area (Å²) in [7, 11) is -4.12. The maximum Gasteiger partial charge on any atom is 0.410 e. The van der Waals surface area contributed by atoms with Crippen molar-refractivity contribution in [2.24, 2.45) is 0 Å². The Labute approximate surface area is 243 Å². The fraction of sp³-hybridized carbons (Fsp3) is 0.448. The second-order valence-corrected chi connectivity index (χ2v) is 12.5. The fourth-order valence-electron chi connectivity index (χ4n) is 5.36. The van der Waals surface area contributed by atoms with Crippen molar-refractivity contribution in [2.45, 2.75) is 54.7 Å². The molecule has 226 valence electrons. The van der Waals surface area contributed by atoms with E-state index >= 15 is 0 Å². The summed E-state index contributed by atoms with van der Waals surface area (Å²) in [5.41, 5.74) is 3.87. The van der Waals surface area contributed by atoms with E-state index in [1.165, 1.54) is 29.7 Å². The van der Waals surface area contributed by atoms with E-state index in [4.69, 9.17) is 19.4 Å². The van der Waals surface area contributed by atoms with Crippen LogP contribution in [0.3, 0.4) is 0 Å². The Balaban J connectivity index is 1.24. The van der Waals surface area contributed by atoms with Crippen molar-refractivity contribution in [3.8, 4) is 5.75 Å². The van der Waals surface area contributed by atoms with Crippen LogP contribution in [-0.4, -0.2) is 80.8 Å². The molecule has 2 aliphatic heterocycles. The Hall–Kier alpha value is -3.81. The Bertz CT molecular complexity index is 1420. The second-order valence-electron chi connectivity index (χ2n) is 10.2. The van der Waals surface area contributed by atoms with Gasteiger partial charge in [-0.1, -0.05) is 0 Å². The first-order valence-electron chi connectivity index (χ1n) is 13.7. The number of ether oxygens (including phenoxy) is 3. The van der Waals surface area contributed by atoms with Gasteiger partial charge in [0, 0.05) is 30.9 Å². The highest BCUT2D eigenvalue weighted by Crippen LogP contribution is 2.36. The van der Waals surface area contributed by atoms with Crippen LogP contribution in [0.5, 0.6) is 5.75 Å². The van der Waals surface area contributed by atoms with Crippen LogP contribution in [-0.2, 0) is 30.5 Å². The lowest BCUT2D eigenvalue weighted by Gasteiger charge is -2.34. The van der Waals surface area contributed by atoms with Crippen LogP contribution in [0.4, 0.5) is 4.79 Å². The topological polar surface area (TPSA) is 166 Å². The molecule has 2 heterocycles. The second kappa shape index (κ2) is 13.4. The molecule has 42 heavy (non-hydrogen) atoms. The molecule has 0 spiro atoms. The molecule has 0 bridgehead atoms. The molecule has 1 saturated heterocycles. The van der Waals surface area contributed by atoms with Gasteiger partial charge in [0.2, 0.25) is 0 Å². The van der Waals surface area contributed by atoms with Crippen molar-refractivity contribution in [1.29, 1.82) is 0 Å². The number of nitrogens with one attached hydrogen (secondary N) is 1. The number of aldehydes is 2. The third kappa shape index (κ3) is 6.18. The molecule has 2 N–H and O–H groups in total. The molecule has 1 unspecified atom stereocenters. The first kappa shape index (κ1) is 31.1. The van der Waals surface area contributed by atoms with E-state index in [9.17, 15) is 27.6 Å². The van der Waals surface area contributed by atoms with Gasteiger partial charge in [-0.2, -0.15) is 0 Å². The average molecular weight is 603 g/mol. The Morgan fingerprint density at radius 1 is 1.07 bits per heavy atom. The van der Waals surface area contributed by atoms with Gasteiger partial charge in [0.1, 0.15) is 5.75 Å². The lowest BCUT2D eigenvalue weighted by molar-refractivity contribution is -0.134. The van der Waals surface area contributed by atoms with Crippen molar-refractivity contribution < 1.29 is 47.0 Å². The zero-order chi connectivity index (χ0) is 30.3. The van der Waals surface area contributed by atoms with Crippen LogP contribution in [0.15, 0.2) is 41.3 Å². The van der Waals surface area contributed by atoms with Crippen molar-refractivity contribution >= 4 is 34.4 Å². The standard InChI is InChI=1S/C29H34N2O10S/c1-20-26-17-23(19-33)22(18-32)16-21(26)8-11-31(20)28(35)41-13-3-2-12-40-24-4-6-25(7-5-24)42(37,38)29(27(34)30-36)9-14-39-15-10-29/h4-7,16-20,36H,2-3,8-15H2,1H3,(H,30,34). The van der Waals surface area contributed by atoms with Crippen molar-refractivity contribution in [1.82, 2.24) is 10.4 Å². The van der Waals surface area contributed by atoms with Crippen molar-refractivity contribution in [2.75, 3.05) is 33.0 Å². The maximum atomic E-state index is 13.3. The maximum absolute atomic E-state index is 13.3. The summed E-state index contributed by atoms with van der Waals surface area (Å²) in [4.78, 5) is 49.2. The highest BCUT2D eigenvalue weighted by atomic mass is 32.2. The minimum Gasteiger partial charge on any atom is -0.494 e. The minimum atomic E-state index is -4.12. The van der Waals surface area contributed by atoms with Gasteiger partial charge in [0.05, 0.1) is 24.2 Å². The minimum absolute atomic E-state index is 0.0617. The number of sulfone groups is 1. The zero-order valence-corrected chi connectivity index (χ0v) is 24.1. The quantitative estimate of drug-likeness (QED) is 0.169. The van der Waals surface area contributed by atoms with Crippen LogP contribution in [0.25, 0.3) is 0 Å². The molecule has 0 aliphatic carbocycles. The van der Waals surface area contributed by atoms with Gasteiger partial charge in [-0.25, -0.2) is 18.7 Å². The average Bonchev–Trinajstić information content (AvgIpc) is 3.02. The molecule has 4 rings (SSSR count). The van der Waals surface area contributed by atoms with Crippen LogP contribution in [0, 0.1) is 0 Å². The van der Waals surface area contributed by atoms with Crippen molar-refractivity contribution in [3.05, 3.63) is 58.7 Å². The van der Waals surface area contributed by atoms with E-state index in [2.05, 4.69) is 0 Å². The van der Waals surface area contributed by atoms with Gasteiger partial charge >= 0.3 is 6.09 Å². The van der Waals surface area contributed by atoms with Crippen LogP contribution in [0.2, 0.25) is 0 Å². The van der Waals surface area contributed by atoms with E-state index in [0.29, 0.717) is 61.9 Å². The zero-order valence-electron chi connectivity index (χ0n) is 23.2. The summed E-state index contributed by atoms with van der Waals surface area (Å²) in [6.45, 7) is 2.93. The van der Waals surface area contributed by atoms with E-state index in [-0.39, 0.29) is 43.6 Å². The highest BCUT2D eigenvalue weighted by molar-refractivity contribution is 7.93. The number of fused-ring (bicyclic) bond motifs is 1.